The van der Waals surface area contributed by atoms with E-state index in [0.29, 0.717) is 0 Å². The number of pyridine rings is 1. The van der Waals surface area contributed by atoms with Crippen molar-refractivity contribution in [2.75, 3.05) is 23.3 Å². The fourth-order valence-electron chi connectivity index (χ4n) is 1.66. The molecule has 2 rings (SSSR count). The van der Waals surface area contributed by atoms with Gasteiger partial charge in [-0.15, -0.1) is 0 Å². The van der Waals surface area contributed by atoms with Crippen molar-refractivity contribution in [1.29, 1.82) is 0 Å². The van der Waals surface area contributed by atoms with Gasteiger partial charge in [0, 0.05) is 26.2 Å². The molecule has 4 nitrogen and oxygen atoms in total. The second-order valence-electron chi connectivity index (χ2n) is 3.34. The van der Waals surface area contributed by atoms with Crippen molar-refractivity contribution in [2.24, 2.45) is 0 Å². The van der Waals surface area contributed by atoms with Gasteiger partial charge in [0.15, 0.2) is 0 Å². The highest BCUT2D eigenvalue weighted by atomic mass is 16.2. The van der Waals surface area contributed by atoms with Gasteiger partial charge in [-0.05, 0) is 12.5 Å². The summed E-state index contributed by atoms with van der Waals surface area (Å²) in [6, 6.07) is 1.90. The minimum atomic E-state index is 0.0722. The fourth-order valence-corrected chi connectivity index (χ4v) is 1.66. The van der Waals surface area contributed by atoms with E-state index < -0.39 is 0 Å². The molecule has 1 N–H and O–H groups in total. The van der Waals surface area contributed by atoms with Crippen LogP contribution in [0.15, 0.2) is 18.5 Å². The lowest BCUT2D eigenvalue weighted by molar-refractivity contribution is -0.116. The number of rotatable bonds is 0. The molecule has 0 fully saturated rings. The van der Waals surface area contributed by atoms with Crippen LogP contribution in [0.5, 0.6) is 0 Å². The second-order valence-corrected chi connectivity index (χ2v) is 3.34. The Bertz CT molecular complexity index is 351. The number of carbonyl (C=O) groups excluding carboxylic acids is 1. The molecule has 4 heteroatoms. The first-order valence-electron chi connectivity index (χ1n) is 4.75. The number of fused-ring (bicyclic) bond motifs is 1. The monoisotopic (exact) mass is 191 g/mol. The quantitative estimate of drug-likeness (QED) is 0.671. The lowest BCUT2D eigenvalue weighted by Gasteiger charge is -2.19. The van der Waals surface area contributed by atoms with Crippen molar-refractivity contribution in [3.8, 4) is 0 Å². The molecular formula is C10H13N3O. The van der Waals surface area contributed by atoms with Gasteiger partial charge >= 0.3 is 0 Å². The molecule has 0 saturated heterocycles. The summed E-state index contributed by atoms with van der Waals surface area (Å²) in [7, 11) is 0. The van der Waals surface area contributed by atoms with Crippen molar-refractivity contribution in [3.63, 3.8) is 0 Å². The van der Waals surface area contributed by atoms with Crippen LogP contribution in [0.2, 0.25) is 0 Å². The van der Waals surface area contributed by atoms with E-state index in [9.17, 15) is 4.79 Å². The smallest absolute Gasteiger partial charge is 0.223 e. The lowest BCUT2D eigenvalue weighted by Crippen LogP contribution is -2.28. The van der Waals surface area contributed by atoms with E-state index in [1.54, 1.807) is 24.2 Å². The van der Waals surface area contributed by atoms with E-state index in [2.05, 4.69) is 10.3 Å². The third-order valence-corrected chi connectivity index (χ3v) is 2.34. The third kappa shape index (κ3) is 1.55. The van der Waals surface area contributed by atoms with Crippen LogP contribution in [0.1, 0.15) is 13.3 Å². The molecular weight excluding hydrogens is 178 g/mol. The molecule has 1 aliphatic heterocycles. The fraction of sp³-hybridized carbons (Fsp3) is 0.400. The first-order valence-corrected chi connectivity index (χ1v) is 4.75. The van der Waals surface area contributed by atoms with Gasteiger partial charge in [0.25, 0.3) is 0 Å². The third-order valence-electron chi connectivity index (χ3n) is 2.34. The summed E-state index contributed by atoms with van der Waals surface area (Å²) in [4.78, 5) is 17.2. The number of nitrogens with zero attached hydrogens (tertiary/aromatic N) is 2. The Morgan fingerprint density at radius 3 is 3.29 bits per heavy atom. The Labute approximate surface area is 82.9 Å². The zero-order chi connectivity index (χ0) is 9.97. The van der Waals surface area contributed by atoms with E-state index in [4.69, 9.17) is 0 Å². The van der Waals surface area contributed by atoms with E-state index in [-0.39, 0.29) is 5.91 Å². The number of hydrogen-bond acceptors (Lipinski definition) is 3. The minimum Gasteiger partial charge on any atom is -0.383 e. The first-order chi connectivity index (χ1) is 6.79. The maximum absolute atomic E-state index is 11.4. The Morgan fingerprint density at radius 2 is 2.50 bits per heavy atom. The molecule has 1 aromatic rings. The normalized spacial score (nSPS) is 15.4. The highest BCUT2D eigenvalue weighted by Crippen LogP contribution is 2.26. The molecule has 0 unspecified atom stereocenters. The van der Waals surface area contributed by atoms with Gasteiger partial charge < -0.3 is 10.2 Å². The van der Waals surface area contributed by atoms with E-state index >= 15 is 0 Å². The van der Waals surface area contributed by atoms with Gasteiger partial charge in [0.2, 0.25) is 5.91 Å². The number of carbonyl (C=O) groups is 1. The largest absolute Gasteiger partial charge is 0.383 e. The van der Waals surface area contributed by atoms with Crippen LogP contribution in [0.25, 0.3) is 0 Å². The average Bonchev–Trinajstić information content (AvgIpc) is 2.39. The number of hydrogen-bond donors (Lipinski definition) is 1. The summed E-state index contributed by atoms with van der Waals surface area (Å²) in [5.74, 6) is 0.0722. The van der Waals surface area contributed by atoms with Crippen molar-refractivity contribution in [3.05, 3.63) is 18.5 Å². The van der Waals surface area contributed by atoms with Crippen LogP contribution >= 0.6 is 0 Å². The van der Waals surface area contributed by atoms with Crippen molar-refractivity contribution in [1.82, 2.24) is 4.98 Å². The van der Waals surface area contributed by atoms with Crippen LogP contribution in [-0.2, 0) is 4.79 Å². The van der Waals surface area contributed by atoms with Gasteiger partial charge in [0.05, 0.1) is 17.6 Å². The summed E-state index contributed by atoms with van der Waals surface area (Å²) in [5, 5.41) is 3.28. The summed E-state index contributed by atoms with van der Waals surface area (Å²) in [5.41, 5.74) is 1.88. The van der Waals surface area contributed by atoms with Crippen LogP contribution in [0.3, 0.4) is 0 Å². The van der Waals surface area contributed by atoms with Gasteiger partial charge in [-0.2, -0.15) is 0 Å². The minimum absolute atomic E-state index is 0.0722. The van der Waals surface area contributed by atoms with Crippen molar-refractivity contribution >= 4 is 17.3 Å². The van der Waals surface area contributed by atoms with Crippen molar-refractivity contribution in [2.45, 2.75) is 13.3 Å². The molecule has 74 valence electrons. The molecule has 0 radical (unpaired) electrons. The number of anilines is 2. The molecule has 1 aliphatic rings. The molecule has 0 spiro atoms. The van der Waals surface area contributed by atoms with Gasteiger partial charge in [-0.3, -0.25) is 9.78 Å². The molecule has 0 aliphatic carbocycles. The van der Waals surface area contributed by atoms with Gasteiger partial charge in [-0.25, -0.2) is 0 Å². The zero-order valence-corrected chi connectivity index (χ0v) is 8.16. The molecule has 0 bridgehead atoms. The summed E-state index contributed by atoms with van der Waals surface area (Å²) in [6.45, 7) is 3.25. The second kappa shape index (κ2) is 3.65. The van der Waals surface area contributed by atoms with E-state index in [1.165, 1.54) is 0 Å². The number of nitrogens with one attached hydrogen (secondary N) is 1. The van der Waals surface area contributed by atoms with E-state index in [0.717, 1.165) is 30.9 Å². The Kier molecular flexibility index (Phi) is 2.35. The zero-order valence-electron chi connectivity index (χ0n) is 8.16. The summed E-state index contributed by atoms with van der Waals surface area (Å²) >= 11 is 0. The Hall–Kier alpha value is -1.58. The molecule has 14 heavy (non-hydrogen) atoms. The lowest BCUT2D eigenvalue weighted by atomic mass is 10.3. The maximum Gasteiger partial charge on any atom is 0.223 e. The predicted molar refractivity (Wildman–Crippen MR) is 55.4 cm³/mol. The summed E-state index contributed by atoms with van der Waals surface area (Å²) in [6.07, 6.45) is 4.43. The van der Waals surface area contributed by atoms with Gasteiger partial charge in [0.1, 0.15) is 0 Å². The number of amides is 1. The van der Waals surface area contributed by atoms with Crippen LogP contribution in [-0.4, -0.2) is 24.0 Å². The SMILES string of the molecule is CC(=O)N1CCCNc2ccncc21. The molecule has 0 aromatic carbocycles. The molecule has 0 atom stereocenters. The summed E-state index contributed by atoms with van der Waals surface area (Å²) < 4.78 is 0. The topological polar surface area (TPSA) is 45.2 Å². The highest BCUT2D eigenvalue weighted by Gasteiger charge is 2.17. The van der Waals surface area contributed by atoms with Crippen LogP contribution in [0.4, 0.5) is 11.4 Å². The molecule has 2 heterocycles. The average molecular weight is 191 g/mol. The van der Waals surface area contributed by atoms with Gasteiger partial charge in [-0.1, -0.05) is 0 Å². The molecule has 1 aromatic heterocycles. The maximum atomic E-state index is 11.4. The Morgan fingerprint density at radius 1 is 1.64 bits per heavy atom. The number of aromatic nitrogens is 1. The van der Waals surface area contributed by atoms with Crippen LogP contribution in [0, 0.1) is 0 Å². The van der Waals surface area contributed by atoms with E-state index in [1.807, 2.05) is 6.07 Å². The Balaban J connectivity index is 2.42. The predicted octanol–water partition coefficient (Wildman–Crippen LogP) is 1.25. The molecule has 0 saturated carbocycles. The molecule has 1 amide bonds. The van der Waals surface area contributed by atoms with Crippen LogP contribution < -0.4 is 10.2 Å². The van der Waals surface area contributed by atoms with Crippen molar-refractivity contribution < 1.29 is 4.79 Å². The highest BCUT2D eigenvalue weighted by molar-refractivity contribution is 5.95. The first kappa shape index (κ1) is 8.99. The standard InChI is InChI=1S/C10H13N3O/c1-8(14)13-6-2-4-12-9-3-5-11-7-10(9)13/h3,5,7,12H,2,4,6H2,1H3.